The number of urea groups is 1. The molecule has 8 nitrogen and oxygen atoms in total. The number of anilines is 1. The smallest absolute Gasteiger partial charge is 0.326 e. The van der Waals surface area contributed by atoms with Crippen LogP contribution < -0.4 is 15.0 Å². The van der Waals surface area contributed by atoms with Gasteiger partial charge in [-0.05, 0) is 25.0 Å². The van der Waals surface area contributed by atoms with Gasteiger partial charge < -0.3 is 14.7 Å². The van der Waals surface area contributed by atoms with E-state index in [0.29, 0.717) is 17.3 Å². The van der Waals surface area contributed by atoms with Crippen LogP contribution in [0.5, 0.6) is 5.75 Å². The molecule has 2 N–H and O–H groups in total. The van der Waals surface area contributed by atoms with Crippen LogP contribution in [0.4, 0.5) is 10.5 Å². The van der Waals surface area contributed by atoms with Crippen LogP contribution >= 0.6 is 11.6 Å². The van der Waals surface area contributed by atoms with Crippen molar-refractivity contribution in [3.8, 4) is 5.75 Å². The van der Waals surface area contributed by atoms with Crippen LogP contribution in [0.15, 0.2) is 48.8 Å². The van der Waals surface area contributed by atoms with E-state index < -0.39 is 18.5 Å². The molecular formula is C23H27ClN4O4. The first-order chi connectivity index (χ1) is 15.5. The first-order valence-corrected chi connectivity index (χ1v) is 11.3. The molecule has 1 aliphatic carbocycles. The van der Waals surface area contributed by atoms with Gasteiger partial charge in [0.05, 0.1) is 11.2 Å². The van der Waals surface area contributed by atoms with Crippen LogP contribution in [0, 0.1) is 5.92 Å². The van der Waals surface area contributed by atoms with Gasteiger partial charge in [-0.3, -0.25) is 20.0 Å². The van der Waals surface area contributed by atoms with Gasteiger partial charge in [-0.15, -0.1) is 0 Å². The highest BCUT2D eigenvalue weighted by Gasteiger charge is 2.40. The number of benzene rings is 1. The minimum atomic E-state index is -1.32. The van der Waals surface area contributed by atoms with Gasteiger partial charge >= 0.3 is 6.03 Å². The molecule has 2 aromatic rings. The molecule has 2 heterocycles. The van der Waals surface area contributed by atoms with Gasteiger partial charge in [0.1, 0.15) is 5.75 Å². The van der Waals surface area contributed by atoms with E-state index >= 15 is 0 Å². The number of rotatable bonds is 4. The lowest BCUT2D eigenvalue weighted by Gasteiger charge is -2.45. The van der Waals surface area contributed by atoms with Crippen molar-refractivity contribution in [1.29, 1.82) is 0 Å². The van der Waals surface area contributed by atoms with Gasteiger partial charge in [-0.2, -0.15) is 0 Å². The molecule has 1 saturated carbocycles. The Balaban J connectivity index is 1.51. The Hall–Kier alpha value is -2.84. The van der Waals surface area contributed by atoms with E-state index in [1.807, 2.05) is 35.2 Å². The van der Waals surface area contributed by atoms with E-state index in [4.69, 9.17) is 16.3 Å². The first kappa shape index (κ1) is 22.4. The van der Waals surface area contributed by atoms with E-state index in [2.05, 4.69) is 10.3 Å². The molecule has 0 bridgehead atoms. The third kappa shape index (κ3) is 5.14. The van der Waals surface area contributed by atoms with Crippen LogP contribution in [-0.4, -0.2) is 52.5 Å². The number of pyridine rings is 1. The van der Waals surface area contributed by atoms with Crippen LogP contribution in [0.2, 0.25) is 5.02 Å². The van der Waals surface area contributed by atoms with Crippen LogP contribution in [-0.2, 0) is 4.79 Å². The Kier molecular flexibility index (Phi) is 7.12. The summed E-state index contributed by atoms with van der Waals surface area (Å²) in [6.45, 7) is 0.637. The molecule has 2 fully saturated rings. The fraction of sp³-hybridized carbons (Fsp3) is 0.435. The predicted octanol–water partition coefficient (Wildman–Crippen LogP) is 3.40. The quantitative estimate of drug-likeness (QED) is 0.729. The second-order valence-electron chi connectivity index (χ2n) is 8.11. The number of imide groups is 1. The highest BCUT2D eigenvalue weighted by Crippen LogP contribution is 2.28. The monoisotopic (exact) mass is 458 g/mol. The van der Waals surface area contributed by atoms with Gasteiger partial charge in [0, 0.05) is 37.0 Å². The van der Waals surface area contributed by atoms with Crippen molar-refractivity contribution < 1.29 is 19.4 Å². The van der Waals surface area contributed by atoms with Crippen LogP contribution in [0.3, 0.4) is 0 Å². The number of nitrogens with zero attached hydrogens (tertiary/aromatic N) is 3. The first-order valence-electron chi connectivity index (χ1n) is 10.9. The van der Waals surface area contributed by atoms with Crippen LogP contribution in [0.1, 0.15) is 32.1 Å². The normalized spacial score (nSPS) is 21.8. The summed E-state index contributed by atoms with van der Waals surface area (Å²) in [5.74, 6) is -0.0630. The number of aromatic nitrogens is 1. The molecule has 2 atom stereocenters. The second-order valence-corrected chi connectivity index (χ2v) is 8.55. The van der Waals surface area contributed by atoms with Crippen molar-refractivity contribution in [2.75, 3.05) is 18.0 Å². The molecule has 0 spiro atoms. The molecule has 4 rings (SSSR count). The highest BCUT2D eigenvalue weighted by molar-refractivity contribution is 6.30. The zero-order chi connectivity index (χ0) is 22.5. The van der Waals surface area contributed by atoms with Crippen molar-refractivity contribution in [1.82, 2.24) is 15.2 Å². The average molecular weight is 459 g/mol. The largest absolute Gasteiger partial charge is 0.464 e. The fourth-order valence-corrected chi connectivity index (χ4v) is 4.44. The maximum absolute atomic E-state index is 12.9. The van der Waals surface area contributed by atoms with Crippen molar-refractivity contribution >= 4 is 29.2 Å². The van der Waals surface area contributed by atoms with E-state index in [1.165, 1.54) is 17.3 Å². The number of ether oxygens (including phenoxy) is 1. The SMILES string of the molecule is O=C(NC(=O)N1CCN(c2ccccc2)C(Oc2cncc(Cl)c2)C1O)C1CCCCC1. The summed E-state index contributed by atoms with van der Waals surface area (Å²) in [5, 5.41) is 14.0. The Morgan fingerprint density at radius 1 is 1.09 bits per heavy atom. The third-order valence-electron chi connectivity index (χ3n) is 5.95. The highest BCUT2D eigenvalue weighted by atomic mass is 35.5. The second kappa shape index (κ2) is 10.2. The standard InChI is InChI=1S/C23H27ClN4O4/c24-17-13-19(15-25-14-17)32-22-21(30)28(12-11-27(22)18-9-5-2-6-10-18)23(31)26-20(29)16-7-3-1-4-8-16/h2,5-6,9-10,13-16,21-22,30H,1,3-4,7-8,11-12H2,(H,26,29,31). The summed E-state index contributed by atoms with van der Waals surface area (Å²) in [6, 6.07) is 10.5. The number of piperazine rings is 1. The van der Waals surface area contributed by atoms with Crippen LogP contribution in [0.25, 0.3) is 0 Å². The third-order valence-corrected chi connectivity index (χ3v) is 6.16. The molecule has 0 radical (unpaired) electrons. The van der Waals surface area contributed by atoms with E-state index in [9.17, 15) is 14.7 Å². The summed E-state index contributed by atoms with van der Waals surface area (Å²) in [4.78, 5) is 32.6. The van der Waals surface area contributed by atoms with Gasteiger partial charge in [-0.25, -0.2) is 4.79 Å². The molecule has 32 heavy (non-hydrogen) atoms. The summed E-state index contributed by atoms with van der Waals surface area (Å²) in [7, 11) is 0. The number of carbonyl (C=O) groups is 2. The number of hydrogen-bond donors (Lipinski definition) is 2. The Morgan fingerprint density at radius 2 is 1.84 bits per heavy atom. The van der Waals surface area contributed by atoms with E-state index in [1.54, 1.807) is 6.07 Å². The van der Waals surface area contributed by atoms with Gasteiger partial charge in [0.15, 0.2) is 6.23 Å². The molecule has 1 aromatic heterocycles. The molecule has 2 unspecified atom stereocenters. The summed E-state index contributed by atoms with van der Waals surface area (Å²) < 4.78 is 6.04. The van der Waals surface area contributed by atoms with E-state index in [-0.39, 0.29) is 18.4 Å². The van der Waals surface area contributed by atoms with Crippen molar-refractivity contribution in [3.05, 3.63) is 53.8 Å². The molecule has 1 saturated heterocycles. The zero-order valence-electron chi connectivity index (χ0n) is 17.7. The van der Waals surface area contributed by atoms with E-state index in [0.717, 1.165) is 37.8 Å². The Bertz CT molecular complexity index is 939. The number of halogens is 1. The molecule has 9 heteroatoms. The number of aliphatic hydroxyl groups excluding tert-OH is 1. The average Bonchev–Trinajstić information content (AvgIpc) is 2.81. The zero-order valence-corrected chi connectivity index (χ0v) is 18.4. The molecule has 1 aliphatic heterocycles. The number of hydrogen-bond acceptors (Lipinski definition) is 6. The fourth-order valence-electron chi connectivity index (χ4n) is 4.27. The predicted molar refractivity (Wildman–Crippen MR) is 120 cm³/mol. The number of aliphatic hydroxyl groups is 1. The Labute approximate surface area is 192 Å². The minimum absolute atomic E-state index is 0.153. The maximum atomic E-state index is 12.9. The Morgan fingerprint density at radius 3 is 2.56 bits per heavy atom. The summed E-state index contributed by atoms with van der Waals surface area (Å²) in [6.07, 6.45) is 5.43. The van der Waals surface area contributed by atoms with Gasteiger partial charge in [0.25, 0.3) is 0 Å². The number of para-hydroxylation sites is 1. The molecule has 3 amide bonds. The molecule has 2 aliphatic rings. The van der Waals surface area contributed by atoms with Gasteiger partial charge in [0.2, 0.25) is 12.1 Å². The number of amides is 3. The van der Waals surface area contributed by atoms with Crippen molar-refractivity contribution in [2.24, 2.45) is 5.92 Å². The number of carbonyl (C=O) groups excluding carboxylic acids is 2. The lowest BCUT2D eigenvalue weighted by Crippen LogP contribution is -2.65. The minimum Gasteiger partial charge on any atom is -0.464 e. The maximum Gasteiger partial charge on any atom is 0.326 e. The lowest BCUT2D eigenvalue weighted by molar-refractivity contribution is -0.125. The summed E-state index contributed by atoms with van der Waals surface area (Å²) >= 11 is 6.03. The summed E-state index contributed by atoms with van der Waals surface area (Å²) in [5.41, 5.74) is 0.838. The molecular weight excluding hydrogens is 432 g/mol. The van der Waals surface area contributed by atoms with Crippen molar-refractivity contribution in [2.45, 2.75) is 44.6 Å². The number of nitrogens with one attached hydrogen (secondary N) is 1. The van der Waals surface area contributed by atoms with Crippen molar-refractivity contribution in [3.63, 3.8) is 0 Å². The lowest BCUT2D eigenvalue weighted by atomic mass is 9.89. The molecule has 170 valence electrons. The molecule has 1 aromatic carbocycles. The topological polar surface area (TPSA) is 95.0 Å². The van der Waals surface area contributed by atoms with Gasteiger partial charge in [-0.1, -0.05) is 49.1 Å².